The highest BCUT2D eigenvalue weighted by atomic mass is 16.5. The Labute approximate surface area is 213 Å². The fourth-order valence-corrected chi connectivity index (χ4v) is 5.35. The van der Waals surface area contributed by atoms with Gasteiger partial charge in [-0.05, 0) is 53.4 Å². The molecule has 1 saturated heterocycles. The largest absolute Gasteiger partial charge is 0.497 e. The normalized spacial score (nSPS) is 18.8. The fourth-order valence-electron chi connectivity index (χ4n) is 5.35. The van der Waals surface area contributed by atoms with Gasteiger partial charge in [0.2, 0.25) is 0 Å². The first kappa shape index (κ1) is 22.8. The molecule has 0 unspecified atom stereocenters. The van der Waals surface area contributed by atoms with Crippen LogP contribution in [0.2, 0.25) is 0 Å². The molecule has 0 spiro atoms. The summed E-state index contributed by atoms with van der Waals surface area (Å²) < 4.78 is 7.12. The number of hydrogen-bond acceptors (Lipinski definition) is 5. The Morgan fingerprint density at radius 2 is 1.76 bits per heavy atom. The SMILES string of the molecule is COc1ccc2c(c1)C(=O)N(C[C@@]1(c3ccc(-c4ccc5c(c4)c(C)nn5C)cc3)NC(=O)NC1=O)C2. The van der Waals surface area contributed by atoms with Crippen LogP contribution < -0.4 is 15.4 Å². The smallest absolute Gasteiger partial charge is 0.322 e. The van der Waals surface area contributed by atoms with Gasteiger partial charge in [0.05, 0.1) is 24.9 Å². The van der Waals surface area contributed by atoms with Crippen LogP contribution in [0, 0.1) is 6.92 Å². The second kappa shape index (κ2) is 8.19. The van der Waals surface area contributed by atoms with Crippen molar-refractivity contribution < 1.29 is 19.1 Å². The summed E-state index contributed by atoms with van der Waals surface area (Å²) in [6, 6.07) is 18.4. The Hall–Kier alpha value is -4.66. The lowest BCUT2D eigenvalue weighted by molar-refractivity contribution is -0.124. The summed E-state index contributed by atoms with van der Waals surface area (Å²) in [6.07, 6.45) is 0. The third-order valence-electron chi connectivity index (χ3n) is 7.31. The van der Waals surface area contributed by atoms with Gasteiger partial charge in [0, 0.05) is 24.5 Å². The molecule has 1 atom stereocenters. The van der Waals surface area contributed by atoms with E-state index < -0.39 is 17.5 Å². The number of carbonyl (C=O) groups is 3. The van der Waals surface area contributed by atoms with E-state index in [0.29, 0.717) is 23.4 Å². The number of ether oxygens (including phenoxy) is 1. The molecule has 4 aromatic rings. The summed E-state index contributed by atoms with van der Waals surface area (Å²) in [5.74, 6) is -0.108. The molecule has 0 radical (unpaired) electrons. The van der Waals surface area contributed by atoms with E-state index in [4.69, 9.17) is 4.74 Å². The standard InChI is InChI=1S/C28H25N5O4/c1-16-22-12-18(7-11-24(22)32(2)31-16)17-4-8-20(9-5-17)28(26(35)29-27(36)30-28)15-33-14-19-6-10-21(37-3)13-23(19)25(33)34/h4-13H,14-15H2,1-3H3,(H2,29,30,35,36)/t28-/m0/s1. The first-order chi connectivity index (χ1) is 17.8. The number of amides is 4. The van der Waals surface area contributed by atoms with Crippen molar-refractivity contribution in [3.05, 3.63) is 83.0 Å². The van der Waals surface area contributed by atoms with E-state index in [1.165, 1.54) is 0 Å². The van der Waals surface area contributed by atoms with Crippen molar-refractivity contribution in [1.82, 2.24) is 25.3 Å². The Kier molecular flexibility index (Phi) is 5.04. The van der Waals surface area contributed by atoms with Gasteiger partial charge in [-0.25, -0.2) is 4.79 Å². The average molecular weight is 496 g/mol. The monoisotopic (exact) mass is 495 g/mol. The van der Waals surface area contributed by atoms with Gasteiger partial charge in [-0.3, -0.25) is 19.6 Å². The van der Waals surface area contributed by atoms with Crippen LogP contribution in [0.15, 0.2) is 60.7 Å². The lowest BCUT2D eigenvalue weighted by Crippen LogP contribution is -2.52. The Morgan fingerprint density at radius 3 is 2.46 bits per heavy atom. The number of urea groups is 1. The molecule has 0 aliphatic carbocycles. The van der Waals surface area contributed by atoms with E-state index in [2.05, 4.69) is 21.8 Å². The van der Waals surface area contributed by atoms with Crippen LogP contribution in [-0.4, -0.2) is 46.2 Å². The zero-order valence-electron chi connectivity index (χ0n) is 20.7. The lowest BCUT2D eigenvalue weighted by atomic mass is 9.88. The minimum atomic E-state index is -1.40. The van der Waals surface area contributed by atoms with E-state index in [9.17, 15) is 14.4 Å². The van der Waals surface area contributed by atoms with E-state index >= 15 is 0 Å². The van der Waals surface area contributed by atoms with Gasteiger partial charge in [0.1, 0.15) is 5.75 Å². The molecule has 0 saturated carbocycles. The maximum absolute atomic E-state index is 13.2. The summed E-state index contributed by atoms with van der Waals surface area (Å²) in [5.41, 5.74) is 4.57. The molecule has 186 valence electrons. The average Bonchev–Trinajstić information content (AvgIpc) is 3.48. The molecule has 1 aromatic heterocycles. The van der Waals surface area contributed by atoms with Crippen LogP contribution in [0.3, 0.4) is 0 Å². The minimum absolute atomic E-state index is 0.000583. The van der Waals surface area contributed by atoms with Crippen molar-refractivity contribution in [2.75, 3.05) is 13.7 Å². The number of benzene rings is 3. The number of nitrogens with zero attached hydrogens (tertiary/aromatic N) is 3. The summed E-state index contributed by atoms with van der Waals surface area (Å²) in [7, 11) is 3.47. The summed E-state index contributed by atoms with van der Waals surface area (Å²) >= 11 is 0. The van der Waals surface area contributed by atoms with Crippen molar-refractivity contribution in [3.8, 4) is 16.9 Å². The van der Waals surface area contributed by atoms with E-state index in [-0.39, 0.29) is 12.5 Å². The van der Waals surface area contributed by atoms with E-state index in [0.717, 1.165) is 33.3 Å². The molecule has 9 nitrogen and oxygen atoms in total. The highest BCUT2D eigenvalue weighted by Gasteiger charge is 2.50. The van der Waals surface area contributed by atoms with Gasteiger partial charge in [0.25, 0.3) is 11.8 Å². The van der Waals surface area contributed by atoms with E-state index in [1.807, 2.05) is 61.1 Å². The molecule has 0 bridgehead atoms. The summed E-state index contributed by atoms with van der Waals surface area (Å²) in [4.78, 5) is 40.2. The van der Waals surface area contributed by atoms with Crippen LogP contribution in [-0.2, 0) is 23.9 Å². The van der Waals surface area contributed by atoms with E-state index in [1.54, 1.807) is 24.1 Å². The molecule has 6 rings (SSSR count). The molecule has 3 heterocycles. The number of fused-ring (bicyclic) bond motifs is 2. The highest BCUT2D eigenvalue weighted by Crippen LogP contribution is 2.34. The number of carbonyl (C=O) groups excluding carboxylic acids is 3. The topological polar surface area (TPSA) is 106 Å². The van der Waals surface area contributed by atoms with Gasteiger partial charge in [0.15, 0.2) is 5.54 Å². The predicted octanol–water partition coefficient (Wildman–Crippen LogP) is 3.25. The fraction of sp³-hybridized carbons (Fsp3) is 0.214. The highest BCUT2D eigenvalue weighted by molar-refractivity contribution is 6.08. The summed E-state index contributed by atoms with van der Waals surface area (Å²) in [6.45, 7) is 2.32. The number of methoxy groups -OCH3 is 1. The van der Waals surface area contributed by atoms with Crippen molar-refractivity contribution in [2.24, 2.45) is 7.05 Å². The Balaban J connectivity index is 1.33. The lowest BCUT2D eigenvalue weighted by Gasteiger charge is -2.31. The summed E-state index contributed by atoms with van der Waals surface area (Å²) in [5, 5.41) is 10.7. The van der Waals surface area contributed by atoms with Crippen LogP contribution in [0.5, 0.6) is 5.75 Å². The Bertz CT molecular complexity index is 1610. The van der Waals surface area contributed by atoms with Gasteiger partial charge >= 0.3 is 6.03 Å². The van der Waals surface area contributed by atoms with Crippen LogP contribution in [0.4, 0.5) is 4.79 Å². The molecule has 2 aliphatic rings. The number of imide groups is 1. The number of aromatic nitrogens is 2. The molecule has 1 fully saturated rings. The predicted molar refractivity (Wildman–Crippen MR) is 137 cm³/mol. The maximum Gasteiger partial charge on any atom is 0.322 e. The number of aryl methyl sites for hydroxylation is 2. The molecular weight excluding hydrogens is 470 g/mol. The van der Waals surface area contributed by atoms with Gasteiger partial charge in [-0.1, -0.05) is 36.4 Å². The third kappa shape index (κ3) is 3.54. The number of rotatable bonds is 5. The van der Waals surface area contributed by atoms with Gasteiger partial charge in [-0.15, -0.1) is 0 Å². The minimum Gasteiger partial charge on any atom is -0.497 e. The maximum atomic E-state index is 13.2. The zero-order valence-corrected chi connectivity index (χ0v) is 20.7. The first-order valence-electron chi connectivity index (χ1n) is 11.9. The number of hydrogen-bond donors (Lipinski definition) is 2. The molecule has 2 N–H and O–H groups in total. The van der Waals surface area contributed by atoms with Crippen LogP contribution in [0.1, 0.15) is 27.2 Å². The van der Waals surface area contributed by atoms with Gasteiger partial charge in [-0.2, -0.15) is 5.10 Å². The van der Waals surface area contributed by atoms with Crippen molar-refractivity contribution >= 4 is 28.7 Å². The molecule has 37 heavy (non-hydrogen) atoms. The second-order valence-corrected chi connectivity index (χ2v) is 9.52. The van der Waals surface area contributed by atoms with Crippen LogP contribution in [0.25, 0.3) is 22.0 Å². The second-order valence-electron chi connectivity index (χ2n) is 9.52. The Morgan fingerprint density at radius 1 is 1.00 bits per heavy atom. The van der Waals surface area contributed by atoms with Gasteiger partial charge < -0.3 is 15.0 Å². The third-order valence-corrected chi connectivity index (χ3v) is 7.31. The quantitative estimate of drug-likeness (QED) is 0.414. The number of nitrogens with one attached hydrogen (secondary N) is 2. The van der Waals surface area contributed by atoms with Crippen LogP contribution >= 0.6 is 0 Å². The van der Waals surface area contributed by atoms with Crippen molar-refractivity contribution in [3.63, 3.8) is 0 Å². The molecule has 9 heteroatoms. The first-order valence-corrected chi connectivity index (χ1v) is 11.9. The van der Waals surface area contributed by atoms with Crippen molar-refractivity contribution in [2.45, 2.75) is 19.0 Å². The molecule has 3 aromatic carbocycles. The molecule has 4 amide bonds. The zero-order chi connectivity index (χ0) is 25.9. The molecule has 2 aliphatic heterocycles. The molecular formula is C28H25N5O4. The van der Waals surface area contributed by atoms with Crippen molar-refractivity contribution in [1.29, 1.82) is 0 Å².